The Kier molecular flexibility index (Phi) is 5.47. The molecule has 0 aliphatic rings. The lowest BCUT2D eigenvalue weighted by atomic mass is 9.93. The monoisotopic (exact) mass is 378 g/mol. The molecule has 0 radical (unpaired) electrons. The lowest BCUT2D eigenvalue weighted by Gasteiger charge is -2.24. The van der Waals surface area contributed by atoms with Crippen molar-refractivity contribution in [1.29, 1.82) is 5.26 Å². The number of urea groups is 1. The summed E-state index contributed by atoms with van der Waals surface area (Å²) in [7, 11) is 0. The van der Waals surface area contributed by atoms with Crippen molar-refractivity contribution < 1.29 is 9.72 Å². The topological polar surface area (TPSA) is 108 Å². The number of rotatable bonds is 4. The van der Waals surface area contributed by atoms with Gasteiger partial charge in [-0.1, -0.05) is 23.2 Å². The van der Waals surface area contributed by atoms with Crippen molar-refractivity contribution in [1.82, 2.24) is 5.32 Å². The van der Waals surface area contributed by atoms with Crippen molar-refractivity contribution in [2.45, 2.75) is 12.5 Å². The van der Waals surface area contributed by atoms with E-state index in [1.807, 2.05) is 6.07 Å². The van der Waals surface area contributed by atoms with E-state index in [1.54, 1.807) is 6.07 Å². The first-order valence-corrected chi connectivity index (χ1v) is 7.71. The number of nitrogens with one attached hydrogen (secondary N) is 2. The van der Waals surface area contributed by atoms with Gasteiger partial charge in [-0.05, 0) is 42.8 Å². The molecular formula is C16H12Cl2N4O3. The van der Waals surface area contributed by atoms with Crippen LogP contribution in [0.3, 0.4) is 0 Å². The summed E-state index contributed by atoms with van der Waals surface area (Å²) in [6.45, 7) is 1.49. The Morgan fingerprint density at radius 1 is 1.20 bits per heavy atom. The van der Waals surface area contributed by atoms with Crippen LogP contribution in [0.4, 0.5) is 16.2 Å². The zero-order chi connectivity index (χ0) is 18.6. The van der Waals surface area contributed by atoms with Crippen molar-refractivity contribution >= 4 is 40.6 Å². The van der Waals surface area contributed by atoms with Crippen molar-refractivity contribution in [3.8, 4) is 6.07 Å². The molecule has 2 aromatic rings. The van der Waals surface area contributed by atoms with Crippen LogP contribution in [-0.2, 0) is 5.54 Å². The number of non-ortho nitro benzene ring substituents is 1. The summed E-state index contributed by atoms with van der Waals surface area (Å²) in [5, 5.41) is 25.9. The normalized spacial score (nSPS) is 12.6. The minimum atomic E-state index is -1.38. The van der Waals surface area contributed by atoms with Crippen LogP contribution in [0, 0.1) is 21.4 Å². The molecule has 7 nitrogen and oxygen atoms in total. The minimum absolute atomic E-state index is 0.107. The lowest BCUT2D eigenvalue weighted by molar-refractivity contribution is -0.384. The highest BCUT2D eigenvalue weighted by molar-refractivity contribution is 6.42. The molecule has 25 heavy (non-hydrogen) atoms. The number of nitro groups is 1. The lowest BCUT2D eigenvalue weighted by Crippen LogP contribution is -2.44. The number of halogens is 2. The second-order valence-electron chi connectivity index (χ2n) is 5.25. The predicted molar refractivity (Wildman–Crippen MR) is 94.7 cm³/mol. The van der Waals surface area contributed by atoms with E-state index in [2.05, 4.69) is 10.6 Å². The number of nitrogens with zero attached hydrogens (tertiary/aromatic N) is 2. The fourth-order valence-corrected chi connectivity index (χ4v) is 2.34. The molecule has 9 heteroatoms. The van der Waals surface area contributed by atoms with E-state index in [0.717, 1.165) is 0 Å². The number of nitriles is 1. The first-order chi connectivity index (χ1) is 11.7. The van der Waals surface area contributed by atoms with Gasteiger partial charge in [-0.2, -0.15) is 5.26 Å². The quantitative estimate of drug-likeness (QED) is 0.604. The molecule has 0 spiro atoms. The highest BCUT2D eigenvalue weighted by atomic mass is 35.5. The molecule has 0 fully saturated rings. The summed E-state index contributed by atoms with van der Waals surface area (Å²) >= 11 is 11.7. The Bertz CT molecular complexity index is 865. The predicted octanol–water partition coefficient (Wildman–Crippen LogP) is 4.46. The van der Waals surface area contributed by atoms with Gasteiger partial charge >= 0.3 is 6.03 Å². The van der Waals surface area contributed by atoms with Gasteiger partial charge in [-0.15, -0.1) is 0 Å². The van der Waals surface area contributed by atoms with Crippen LogP contribution < -0.4 is 10.6 Å². The average Bonchev–Trinajstić information content (AvgIpc) is 2.58. The van der Waals surface area contributed by atoms with Crippen LogP contribution in [0.15, 0.2) is 42.5 Å². The number of nitro benzene ring substituents is 1. The molecule has 128 valence electrons. The van der Waals surface area contributed by atoms with Crippen LogP contribution >= 0.6 is 23.2 Å². The van der Waals surface area contributed by atoms with E-state index in [4.69, 9.17) is 23.2 Å². The van der Waals surface area contributed by atoms with Crippen molar-refractivity contribution in [2.24, 2.45) is 0 Å². The van der Waals surface area contributed by atoms with Crippen molar-refractivity contribution in [3.05, 3.63) is 68.2 Å². The first-order valence-electron chi connectivity index (χ1n) is 6.95. The Hall–Kier alpha value is -2.82. The van der Waals surface area contributed by atoms with Gasteiger partial charge in [0.1, 0.15) is 0 Å². The Morgan fingerprint density at radius 2 is 1.84 bits per heavy atom. The average molecular weight is 379 g/mol. The summed E-state index contributed by atoms with van der Waals surface area (Å²) in [4.78, 5) is 22.3. The van der Waals surface area contributed by atoms with Gasteiger partial charge in [0.25, 0.3) is 5.69 Å². The van der Waals surface area contributed by atoms with E-state index < -0.39 is 16.5 Å². The number of benzene rings is 2. The summed E-state index contributed by atoms with van der Waals surface area (Å²) < 4.78 is 0. The molecule has 0 bridgehead atoms. The maximum atomic E-state index is 12.2. The maximum absolute atomic E-state index is 12.2. The third kappa shape index (κ3) is 4.38. The van der Waals surface area contributed by atoms with Crippen LogP contribution in [0.5, 0.6) is 0 Å². The van der Waals surface area contributed by atoms with Crippen LogP contribution in [0.1, 0.15) is 12.5 Å². The molecule has 0 aliphatic carbocycles. The van der Waals surface area contributed by atoms with Crippen molar-refractivity contribution in [2.75, 3.05) is 5.32 Å². The number of hydrogen-bond acceptors (Lipinski definition) is 4. The van der Waals surface area contributed by atoms with Gasteiger partial charge in [0.15, 0.2) is 5.54 Å². The second kappa shape index (κ2) is 7.38. The van der Waals surface area contributed by atoms with Gasteiger partial charge in [-0.25, -0.2) is 4.79 Å². The van der Waals surface area contributed by atoms with Gasteiger partial charge in [0.05, 0.1) is 21.0 Å². The molecule has 0 aromatic heterocycles. The van der Waals surface area contributed by atoms with Gasteiger partial charge in [-0.3, -0.25) is 10.1 Å². The third-order valence-corrected chi connectivity index (χ3v) is 4.16. The SMILES string of the molecule is CC(C#N)(NC(=O)Nc1ccc(Cl)c(Cl)c1)c1ccc([N+](=O)[O-])cc1. The van der Waals surface area contributed by atoms with E-state index in [0.29, 0.717) is 16.3 Å². The molecule has 0 heterocycles. The molecule has 1 unspecified atom stereocenters. The second-order valence-corrected chi connectivity index (χ2v) is 6.06. The molecular weight excluding hydrogens is 367 g/mol. The summed E-state index contributed by atoms with van der Waals surface area (Å²) in [5.74, 6) is 0. The third-order valence-electron chi connectivity index (χ3n) is 3.42. The van der Waals surface area contributed by atoms with E-state index in [-0.39, 0.29) is 10.7 Å². The molecule has 0 saturated heterocycles. The molecule has 2 amide bonds. The van der Waals surface area contributed by atoms with Crippen LogP contribution in [-0.4, -0.2) is 11.0 Å². The number of hydrogen-bond donors (Lipinski definition) is 2. The summed E-state index contributed by atoms with van der Waals surface area (Å²) in [6.07, 6.45) is 0. The van der Waals surface area contributed by atoms with Gasteiger partial charge in [0, 0.05) is 17.8 Å². The maximum Gasteiger partial charge on any atom is 0.320 e. The molecule has 2 N–H and O–H groups in total. The molecule has 2 rings (SSSR count). The number of anilines is 1. The molecule has 0 saturated carbocycles. The molecule has 2 aromatic carbocycles. The Morgan fingerprint density at radius 3 is 2.36 bits per heavy atom. The number of carbonyl (C=O) groups excluding carboxylic acids is 1. The number of amides is 2. The smallest absolute Gasteiger partial charge is 0.316 e. The van der Waals surface area contributed by atoms with E-state index >= 15 is 0 Å². The summed E-state index contributed by atoms with van der Waals surface area (Å²) in [6, 6.07) is 11.3. The highest BCUT2D eigenvalue weighted by Gasteiger charge is 2.29. The summed E-state index contributed by atoms with van der Waals surface area (Å²) in [5.41, 5.74) is -0.680. The largest absolute Gasteiger partial charge is 0.320 e. The van der Waals surface area contributed by atoms with Crippen LogP contribution in [0.25, 0.3) is 0 Å². The van der Waals surface area contributed by atoms with Crippen LogP contribution in [0.2, 0.25) is 10.0 Å². The molecule has 1 atom stereocenters. The fourth-order valence-electron chi connectivity index (χ4n) is 2.04. The van der Waals surface area contributed by atoms with Crippen molar-refractivity contribution in [3.63, 3.8) is 0 Å². The van der Waals surface area contributed by atoms with E-state index in [1.165, 1.54) is 43.3 Å². The Labute approximate surface area is 153 Å². The minimum Gasteiger partial charge on any atom is -0.316 e. The van der Waals surface area contributed by atoms with Gasteiger partial charge < -0.3 is 10.6 Å². The zero-order valence-electron chi connectivity index (χ0n) is 12.9. The zero-order valence-corrected chi connectivity index (χ0v) is 14.4. The van der Waals surface area contributed by atoms with E-state index in [9.17, 15) is 20.2 Å². The number of carbonyl (C=O) groups is 1. The molecule has 0 aliphatic heterocycles. The Balaban J connectivity index is 2.16. The van der Waals surface area contributed by atoms with Gasteiger partial charge in [0.2, 0.25) is 0 Å². The standard InChI is InChI=1S/C16H12Cl2N4O3/c1-16(9-19,10-2-5-12(6-3-10)22(24)25)21-15(23)20-11-4-7-13(17)14(18)8-11/h2-8H,1H3,(H2,20,21,23). The first kappa shape index (κ1) is 18.5. The fraction of sp³-hybridized carbons (Fsp3) is 0.125. The highest BCUT2D eigenvalue weighted by Crippen LogP contribution is 2.26.